The summed E-state index contributed by atoms with van der Waals surface area (Å²) in [5, 5.41) is 3.58. The SMILES string of the molecule is CN=C(NCCCCCN1CCCCC1)N1CCN(c2ccccc2)CC1.I. The Morgan fingerprint density at radius 3 is 2.29 bits per heavy atom. The first-order valence-corrected chi connectivity index (χ1v) is 10.8. The summed E-state index contributed by atoms with van der Waals surface area (Å²) in [5.74, 6) is 1.07. The van der Waals surface area contributed by atoms with E-state index in [1.807, 2.05) is 7.05 Å². The third kappa shape index (κ3) is 7.43. The molecule has 2 aliphatic rings. The Morgan fingerprint density at radius 1 is 0.893 bits per heavy atom. The predicted octanol–water partition coefficient (Wildman–Crippen LogP) is 3.66. The molecule has 0 aliphatic carbocycles. The quantitative estimate of drug-likeness (QED) is 0.269. The van der Waals surface area contributed by atoms with Crippen LogP contribution in [0.1, 0.15) is 38.5 Å². The van der Waals surface area contributed by atoms with Crippen molar-refractivity contribution in [2.75, 3.05) is 64.3 Å². The van der Waals surface area contributed by atoms with Crippen LogP contribution in [0.15, 0.2) is 35.3 Å². The minimum absolute atomic E-state index is 0. The number of rotatable bonds is 7. The third-order valence-corrected chi connectivity index (χ3v) is 5.80. The van der Waals surface area contributed by atoms with E-state index >= 15 is 0 Å². The fourth-order valence-electron chi connectivity index (χ4n) is 4.17. The summed E-state index contributed by atoms with van der Waals surface area (Å²) in [7, 11) is 1.91. The summed E-state index contributed by atoms with van der Waals surface area (Å²) >= 11 is 0. The van der Waals surface area contributed by atoms with Crippen LogP contribution >= 0.6 is 24.0 Å². The summed E-state index contributed by atoms with van der Waals surface area (Å²) in [6.45, 7) is 9.13. The first kappa shape index (κ1) is 23.3. The fourth-order valence-corrected chi connectivity index (χ4v) is 4.17. The standard InChI is InChI=1S/C22H37N5.HI/c1-23-22(24-13-7-3-8-14-25-15-9-4-10-16-25)27-19-17-26(18-20-27)21-11-5-2-6-12-21;/h2,5-6,11-12H,3-4,7-10,13-20H2,1H3,(H,23,24);1H. The summed E-state index contributed by atoms with van der Waals surface area (Å²) in [6.07, 6.45) is 8.10. The molecule has 0 unspecified atom stereocenters. The molecule has 1 aromatic carbocycles. The number of likely N-dealkylation sites (tertiary alicyclic amines) is 1. The van der Waals surface area contributed by atoms with Gasteiger partial charge in [0, 0.05) is 45.5 Å². The highest BCUT2D eigenvalue weighted by Crippen LogP contribution is 2.15. The van der Waals surface area contributed by atoms with Gasteiger partial charge in [-0.05, 0) is 57.5 Å². The Morgan fingerprint density at radius 2 is 1.61 bits per heavy atom. The van der Waals surface area contributed by atoms with Gasteiger partial charge in [-0.15, -0.1) is 24.0 Å². The van der Waals surface area contributed by atoms with Gasteiger partial charge in [0.2, 0.25) is 0 Å². The van der Waals surface area contributed by atoms with Crippen LogP contribution in [-0.2, 0) is 0 Å². The molecule has 1 N–H and O–H groups in total. The van der Waals surface area contributed by atoms with E-state index < -0.39 is 0 Å². The van der Waals surface area contributed by atoms with E-state index in [9.17, 15) is 0 Å². The molecule has 2 heterocycles. The van der Waals surface area contributed by atoms with Crippen molar-refractivity contribution < 1.29 is 0 Å². The van der Waals surface area contributed by atoms with Crippen LogP contribution < -0.4 is 10.2 Å². The molecule has 0 amide bonds. The number of hydrogen-bond donors (Lipinski definition) is 1. The van der Waals surface area contributed by atoms with Gasteiger partial charge in [-0.3, -0.25) is 4.99 Å². The van der Waals surface area contributed by atoms with E-state index in [2.05, 4.69) is 55.3 Å². The second kappa shape index (κ2) is 13.2. The number of benzene rings is 1. The molecule has 0 atom stereocenters. The fraction of sp³-hybridized carbons (Fsp3) is 0.682. The molecule has 6 heteroatoms. The molecule has 0 saturated carbocycles. The van der Waals surface area contributed by atoms with Crippen molar-refractivity contribution in [2.24, 2.45) is 4.99 Å². The molecule has 2 fully saturated rings. The molecule has 3 rings (SSSR count). The number of anilines is 1. The molecular formula is C22H38IN5. The molecule has 28 heavy (non-hydrogen) atoms. The average Bonchev–Trinajstić information content (AvgIpc) is 2.75. The molecule has 0 bridgehead atoms. The number of piperidine rings is 1. The van der Waals surface area contributed by atoms with Crippen molar-refractivity contribution in [1.82, 2.24) is 15.1 Å². The zero-order valence-electron chi connectivity index (χ0n) is 17.5. The Hall–Kier alpha value is -1.02. The smallest absolute Gasteiger partial charge is 0.193 e. The van der Waals surface area contributed by atoms with E-state index in [0.29, 0.717) is 0 Å². The number of halogens is 1. The van der Waals surface area contributed by atoms with Crippen LogP contribution in [0, 0.1) is 0 Å². The second-order valence-electron chi connectivity index (χ2n) is 7.75. The highest BCUT2D eigenvalue weighted by molar-refractivity contribution is 14.0. The lowest BCUT2D eigenvalue weighted by molar-refractivity contribution is 0.224. The number of guanidine groups is 1. The van der Waals surface area contributed by atoms with Crippen LogP contribution in [0.25, 0.3) is 0 Å². The Kier molecular flexibility index (Phi) is 11.0. The Balaban J connectivity index is 0.00000280. The minimum atomic E-state index is 0. The molecular weight excluding hydrogens is 461 g/mol. The number of para-hydroxylation sites is 1. The van der Waals surface area contributed by atoms with Crippen LogP contribution in [0.3, 0.4) is 0 Å². The molecule has 0 aromatic heterocycles. The van der Waals surface area contributed by atoms with E-state index in [1.165, 1.54) is 63.8 Å². The van der Waals surface area contributed by atoms with Crippen molar-refractivity contribution >= 4 is 35.6 Å². The summed E-state index contributed by atoms with van der Waals surface area (Å²) in [6, 6.07) is 10.7. The van der Waals surface area contributed by atoms with Gasteiger partial charge >= 0.3 is 0 Å². The van der Waals surface area contributed by atoms with E-state index in [-0.39, 0.29) is 24.0 Å². The molecule has 158 valence electrons. The van der Waals surface area contributed by atoms with Crippen LogP contribution in [-0.4, -0.2) is 75.2 Å². The second-order valence-corrected chi connectivity index (χ2v) is 7.75. The van der Waals surface area contributed by atoms with Gasteiger partial charge in [-0.25, -0.2) is 0 Å². The van der Waals surface area contributed by atoms with E-state index in [1.54, 1.807) is 0 Å². The topological polar surface area (TPSA) is 34.1 Å². The van der Waals surface area contributed by atoms with Gasteiger partial charge in [0.15, 0.2) is 5.96 Å². The first-order valence-electron chi connectivity index (χ1n) is 10.8. The number of aliphatic imine (C=N–C) groups is 1. The van der Waals surface area contributed by atoms with Crippen molar-refractivity contribution in [3.05, 3.63) is 30.3 Å². The molecule has 1 aromatic rings. The van der Waals surface area contributed by atoms with Crippen molar-refractivity contribution in [3.8, 4) is 0 Å². The van der Waals surface area contributed by atoms with Crippen LogP contribution in [0.5, 0.6) is 0 Å². The van der Waals surface area contributed by atoms with Crippen LogP contribution in [0.2, 0.25) is 0 Å². The maximum absolute atomic E-state index is 4.51. The molecule has 0 radical (unpaired) electrons. The minimum Gasteiger partial charge on any atom is -0.368 e. The van der Waals surface area contributed by atoms with Gasteiger partial charge in [0.05, 0.1) is 0 Å². The predicted molar refractivity (Wildman–Crippen MR) is 131 cm³/mol. The summed E-state index contributed by atoms with van der Waals surface area (Å²) in [4.78, 5) is 12.0. The lowest BCUT2D eigenvalue weighted by Gasteiger charge is -2.37. The summed E-state index contributed by atoms with van der Waals surface area (Å²) in [5.41, 5.74) is 1.33. The van der Waals surface area contributed by atoms with Crippen molar-refractivity contribution in [1.29, 1.82) is 0 Å². The maximum atomic E-state index is 4.51. The Labute approximate surface area is 188 Å². The Bertz CT molecular complexity index is 551. The van der Waals surface area contributed by atoms with Gasteiger partial charge in [-0.1, -0.05) is 31.0 Å². The largest absolute Gasteiger partial charge is 0.368 e. The van der Waals surface area contributed by atoms with Crippen molar-refractivity contribution in [3.63, 3.8) is 0 Å². The average molecular weight is 499 g/mol. The van der Waals surface area contributed by atoms with E-state index in [0.717, 1.165) is 38.7 Å². The maximum Gasteiger partial charge on any atom is 0.193 e. The van der Waals surface area contributed by atoms with Gasteiger partial charge in [0.1, 0.15) is 0 Å². The third-order valence-electron chi connectivity index (χ3n) is 5.80. The zero-order valence-corrected chi connectivity index (χ0v) is 19.8. The number of nitrogens with zero attached hydrogens (tertiary/aromatic N) is 4. The number of unbranched alkanes of at least 4 members (excludes halogenated alkanes) is 2. The highest BCUT2D eigenvalue weighted by Gasteiger charge is 2.19. The van der Waals surface area contributed by atoms with Crippen molar-refractivity contribution in [2.45, 2.75) is 38.5 Å². The number of nitrogens with one attached hydrogen (secondary N) is 1. The highest BCUT2D eigenvalue weighted by atomic mass is 127. The lowest BCUT2D eigenvalue weighted by Crippen LogP contribution is -2.52. The lowest BCUT2D eigenvalue weighted by atomic mass is 10.1. The first-order chi connectivity index (χ1) is 13.4. The van der Waals surface area contributed by atoms with Gasteiger partial charge in [-0.2, -0.15) is 0 Å². The van der Waals surface area contributed by atoms with E-state index in [4.69, 9.17) is 0 Å². The monoisotopic (exact) mass is 499 g/mol. The molecule has 0 spiro atoms. The summed E-state index contributed by atoms with van der Waals surface area (Å²) < 4.78 is 0. The molecule has 2 saturated heterocycles. The number of hydrogen-bond acceptors (Lipinski definition) is 3. The van der Waals surface area contributed by atoms with Gasteiger partial charge < -0.3 is 20.0 Å². The van der Waals surface area contributed by atoms with Gasteiger partial charge in [0.25, 0.3) is 0 Å². The molecule has 2 aliphatic heterocycles. The van der Waals surface area contributed by atoms with Crippen LogP contribution in [0.4, 0.5) is 5.69 Å². The normalized spacial score (nSPS) is 18.7. The number of piperazine rings is 1. The zero-order chi connectivity index (χ0) is 18.7. The molecule has 5 nitrogen and oxygen atoms in total.